The molecule has 0 aliphatic rings. The number of aromatic nitrogens is 1. The van der Waals surface area contributed by atoms with Gasteiger partial charge in [-0.2, -0.15) is 13.2 Å². The van der Waals surface area contributed by atoms with Gasteiger partial charge in [-0.1, -0.05) is 67.6 Å². The number of aliphatic hydroxyl groups excluding tert-OH is 1. The predicted octanol–water partition coefficient (Wildman–Crippen LogP) is 7.69. The molecule has 5 aromatic rings. The average Bonchev–Trinajstić information content (AvgIpc) is 3.06. The Morgan fingerprint density at radius 3 is 2.28 bits per heavy atom. The molecule has 1 unspecified atom stereocenters. The molecule has 0 aliphatic heterocycles. The second-order valence-corrected chi connectivity index (χ2v) is 12.0. The van der Waals surface area contributed by atoms with Crippen molar-refractivity contribution < 1.29 is 27.1 Å². The Bertz CT molecular complexity index is 1860. The van der Waals surface area contributed by atoms with E-state index in [4.69, 9.17) is 0 Å². The first-order valence-electron chi connectivity index (χ1n) is 15.1. The number of nitrogens with zero attached hydrogens (tertiary/aromatic N) is 2. The molecule has 5 nitrogen and oxygen atoms in total. The summed E-state index contributed by atoms with van der Waals surface area (Å²) in [5, 5.41) is 15.9. The maximum Gasteiger partial charge on any atom is 0.416 e. The lowest BCUT2D eigenvalue weighted by molar-refractivity contribution is -0.137. The summed E-state index contributed by atoms with van der Waals surface area (Å²) in [6.07, 6.45) is -5.40. The molecule has 2 N–H and O–H groups in total. The van der Waals surface area contributed by atoms with E-state index in [0.717, 1.165) is 35.9 Å². The lowest BCUT2D eigenvalue weighted by atomic mass is 10.0. The van der Waals surface area contributed by atoms with Gasteiger partial charge in [0, 0.05) is 42.4 Å². The summed E-state index contributed by atoms with van der Waals surface area (Å²) in [7, 11) is 0. The predicted molar refractivity (Wildman–Crippen MR) is 176 cm³/mol. The summed E-state index contributed by atoms with van der Waals surface area (Å²) < 4.78 is 69.1. The molecule has 1 aromatic heterocycles. The Kier molecular flexibility index (Phi) is 11.1. The van der Waals surface area contributed by atoms with E-state index in [2.05, 4.69) is 5.32 Å². The number of halogens is 5. The summed E-state index contributed by atoms with van der Waals surface area (Å²) in [5.74, 6) is -1.81. The summed E-state index contributed by atoms with van der Waals surface area (Å²) >= 11 is 1.18. The molecule has 246 valence electrons. The van der Waals surface area contributed by atoms with Gasteiger partial charge >= 0.3 is 6.18 Å². The van der Waals surface area contributed by atoms with Gasteiger partial charge in [0.05, 0.1) is 22.7 Å². The molecule has 4 aromatic carbocycles. The molecule has 0 amide bonds. The van der Waals surface area contributed by atoms with Gasteiger partial charge in [-0.25, -0.2) is 8.78 Å². The van der Waals surface area contributed by atoms with Crippen molar-refractivity contribution in [1.82, 2.24) is 14.8 Å². The number of fused-ring (bicyclic) bond motifs is 1. The zero-order valence-corrected chi connectivity index (χ0v) is 26.4. The van der Waals surface area contributed by atoms with Gasteiger partial charge in [-0.15, -0.1) is 11.8 Å². The maximum absolute atomic E-state index is 14.4. The van der Waals surface area contributed by atoms with Crippen LogP contribution in [0, 0.1) is 11.6 Å². The summed E-state index contributed by atoms with van der Waals surface area (Å²) in [6, 6.07) is 24.9. The molecule has 0 saturated carbocycles. The van der Waals surface area contributed by atoms with Crippen molar-refractivity contribution in [3.8, 4) is 11.1 Å². The zero-order valence-electron chi connectivity index (χ0n) is 25.6. The molecule has 0 fully saturated rings. The van der Waals surface area contributed by atoms with Crippen molar-refractivity contribution in [3.63, 3.8) is 0 Å². The largest absolute Gasteiger partial charge is 0.416 e. The van der Waals surface area contributed by atoms with Gasteiger partial charge in [0.15, 0.2) is 17.1 Å². The fourth-order valence-corrected chi connectivity index (χ4v) is 6.37. The highest BCUT2D eigenvalue weighted by Gasteiger charge is 2.30. The van der Waals surface area contributed by atoms with Crippen molar-refractivity contribution in [1.29, 1.82) is 0 Å². The Balaban J connectivity index is 1.39. The van der Waals surface area contributed by atoms with Gasteiger partial charge in [0.2, 0.25) is 0 Å². The third-order valence-corrected chi connectivity index (χ3v) is 8.96. The first-order chi connectivity index (χ1) is 22.5. The molecule has 1 heterocycles. The minimum atomic E-state index is -4.40. The van der Waals surface area contributed by atoms with Crippen molar-refractivity contribution >= 4 is 22.7 Å². The van der Waals surface area contributed by atoms with Crippen molar-refractivity contribution in [2.45, 2.75) is 43.2 Å². The number of benzene rings is 4. The van der Waals surface area contributed by atoms with Crippen LogP contribution >= 0.6 is 11.8 Å². The van der Waals surface area contributed by atoms with Crippen LogP contribution in [0.2, 0.25) is 0 Å². The fourth-order valence-electron chi connectivity index (χ4n) is 5.32. The molecule has 0 bridgehead atoms. The standard InChI is InChI=1S/C36H34F5N3O2S/c1-2-42-18-19-43(21-24-10-12-25(13-11-24)26-14-16-28(17-15-26)36(39,40)41)33(46)22-44-31-9-4-3-7-29(31)32(45)20-34(44)47-23-27-6-5-8-30(37)35(27)38/h3-17,20,33,42,46H,2,18-19,21-23H2,1H3. The SMILES string of the molecule is CCNCCN(Cc1ccc(-c2ccc(C(F)(F)F)cc2)cc1)C(O)Cn1c(SCc2cccc(F)c2F)cc(=O)c2ccccc21. The van der Waals surface area contributed by atoms with Crippen LogP contribution in [-0.2, 0) is 25.0 Å². The second-order valence-electron chi connectivity index (χ2n) is 11.1. The lowest BCUT2D eigenvalue weighted by Gasteiger charge is -2.30. The highest BCUT2D eigenvalue weighted by Crippen LogP contribution is 2.31. The molecule has 0 aliphatic carbocycles. The maximum atomic E-state index is 14.4. The number of aliphatic hydroxyl groups is 1. The monoisotopic (exact) mass is 667 g/mol. The fraction of sp³-hybridized carbons (Fsp3) is 0.250. The van der Waals surface area contributed by atoms with Crippen LogP contribution in [0.4, 0.5) is 22.0 Å². The molecule has 5 rings (SSSR count). The topological polar surface area (TPSA) is 57.5 Å². The number of alkyl halides is 3. The smallest absolute Gasteiger partial charge is 0.376 e. The number of likely N-dealkylation sites (N-methyl/N-ethyl adjacent to an activating group) is 1. The molecule has 0 spiro atoms. The van der Waals surface area contributed by atoms with Crippen LogP contribution in [0.25, 0.3) is 22.0 Å². The van der Waals surface area contributed by atoms with Crippen LogP contribution in [0.5, 0.6) is 0 Å². The average molecular weight is 668 g/mol. The normalized spacial score (nSPS) is 12.6. The van der Waals surface area contributed by atoms with Gasteiger partial charge in [0.25, 0.3) is 0 Å². The minimum absolute atomic E-state index is 0.0763. The van der Waals surface area contributed by atoms with Crippen LogP contribution in [0.3, 0.4) is 0 Å². The quantitative estimate of drug-likeness (QED) is 0.0584. The van der Waals surface area contributed by atoms with Gasteiger partial charge in [-0.05, 0) is 53.6 Å². The molecule has 1 atom stereocenters. The van der Waals surface area contributed by atoms with Crippen molar-refractivity contribution in [3.05, 3.63) is 136 Å². The van der Waals surface area contributed by atoms with Crippen LogP contribution in [0.1, 0.15) is 23.6 Å². The first kappa shape index (κ1) is 34.3. The number of para-hydroxylation sites is 1. The van der Waals surface area contributed by atoms with Gasteiger partial charge in [-0.3, -0.25) is 9.69 Å². The summed E-state index contributed by atoms with van der Waals surface area (Å²) in [5.41, 5.74) is 2.15. The van der Waals surface area contributed by atoms with E-state index in [0.29, 0.717) is 41.1 Å². The number of hydrogen-bond donors (Lipinski definition) is 2. The van der Waals surface area contributed by atoms with E-state index in [-0.39, 0.29) is 23.3 Å². The highest BCUT2D eigenvalue weighted by atomic mass is 32.2. The van der Waals surface area contributed by atoms with E-state index in [1.807, 2.05) is 40.7 Å². The third-order valence-electron chi connectivity index (χ3n) is 7.87. The Morgan fingerprint density at radius 1 is 0.915 bits per heavy atom. The van der Waals surface area contributed by atoms with Crippen LogP contribution < -0.4 is 10.7 Å². The number of thioether (sulfide) groups is 1. The molecule has 47 heavy (non-hydrogen) atoms. The lowest BCUT2D eigenvalue weighted by Crippen LogP contribution is -2.42. The highest BCUT2D eigenvalue weighted by molar-refractivity contribution is 7.98. The number of rotatable bonds is 13. The van der Waals surface area contributed by atoms with E-state index in [9.17, 15) is 31.9 Å². The van der Waals surface area contributed by atoms with Crippen molar-refractivity contribution in [2.75, 3.05) is 19.6 Å². The Morgan fingerprint density at radius 2 is 1.60 bits per heavy atom. The zero-order chi connectivity index (χ0) is 33.6. The third kappa shape index (κ3) is 8.47. The molecular weight excluding hydrogens is 633 g/mol. The van der Waals surface area contributed by atoms with E-state index >= 15 is 0 Å². The second kappa shape index (κ2) is 15.2. The van der Waals surface area contributed by atoms with E-state index in [1.54, 1.807) is 24.3 Å². The number of nitrogens with one attached hydrogen (secondary N) is 1. The van der Waals surface area contributed by atoms with E-state index in [1.165, 1.54) is 42.1 Å². The minimum Gasteiger partial charge on any atom is -0.376 e. The number of hydrogen-bond acceptors (Lipinski definition) is 5. The Hall–Kier alpha value is -4.03. The Labute approximate surface area is 273 Å². The summed E-state index contributed by atoms with van der Waals surface area (Å²) in [6.45, 7) is 4.28. The van der Waals surface area contributed by atoms with Crippen LogP contribution in [-0.4, -0.2) is 40.4 Å². The molecular formula is C36H34F5N3O2S. The van der Waals surface area contributed by atoms with Crippen LogP contribution in [0.15, 0.2) is 107 Å². The summed E-state index contributed by atoms with van der Waals surface area (Å²) in [4.78, 5) is 14.9. The van der Waals surface area contributed by atoms with Crippen molar-refractivity contribution in [2.24, 2.45) is 0 Å². The van der Waals surface area contributed by atoms with E-state index < -0.39 is 29.6 Å². The molecule has 11 heteroatoms. The first-order valence-corrected chi connectivity index (χ1v) is 16.1. The number of pyridine rings is 1. The molecule has 0 saturated heterocycles. The van der Waals surface area contributed by atoms with Gasteiger partial charge in [0.1, 0.15) is 6.23 Å². The van der Waals surface area contributed by atoms with Gasteiger partial charge < -0.3 is 15.0 Å². The molecule has 0 radical (unpaired) electrons.